The van der Waals surface area contributed by atoms with Crippen molar-refractivity contribution in [1.29, 1.82) is 0 Å². The molecule has 0 unspecified atom stereocenters. The number of furan rings is 1. The molecule has 0 saturated heterocycles. The van der Waals surface area contributed by atoms with Gasteiger partial charge in [-0.25, -0.2) is 0 Å². The van der Waals surface area contributed by atoms with Gasteiger partial charge in [-0.3, -0.25) is 0 Å². The SMILES string of the molecule is c1ccc(-c2cc(-c3ccccc3)cc(N(c3ccc4oc5cc6ccccc6cc5c4c3)c3ccc4c5ccccc5n(-c5ccccc5)c4c3)c2)cc1. The van der Waals surface area contributed by atoms with Crippen molar-refractivity contribution in [1.82, 2.24) is 4.57 Å². The topological polar surface area (TPSA) is 21.3 Å². The van der Waals surface area contributed by atoms with Gasteiger partial charge in [0.25, 0.3) is 0 Å². The van der Waals surface area contributed by atoms with E-state index < -0.39 is 0 Å². The van der Waals surface area contributed by atoms with Gasteiger partial charge in [0.1, 0.15) is 11.2 Å². The fraction of sp³-hybridized carbons (Fsp3) is 0. The lowest BCUT2D eigenvalue weighted by Crippen LogP contribution is -2.10. The number of anilines is 3. The molecule has 0 amide bonds. The van der Waals surface area contributed by atoms with Crippen molar-refractivity contribution in [3.63, 3.8) is 0 Å². The zero-order valence-corrected chi connectivity index (χ0v) is 29.9. The van der Waals surface area contributed by atoms with Crippen molar-refractivity contribution < 1.29 is 4.42 Å². The molecule has 0 bridgehead atoms. The first-order valence-corrected chi connectivity index (χ1v) is 18.7. The molecule has 3 heteroatoms. The molecule has 0 aliphatic rings. The van der Waals surface area contributed by atoms with Gasteiger partial charge in [-0.2, -0.15) is 0 Å². The summed E-state index contributed by atoms with van der Waals surface area (Å²) < 4.78 is 8.88. The molecule has 9 aromatic carbocycles. The molecule has 2 aromatic heterocycles. The van der Waals surface area contributed by atoms with E-state index in [1.165, 1.54) is 38.2 Å². The van der Waals surface area contributed by atoms with E-state index in [2.05, 4.69) is 216 Å². The second kappa shape index (κ2) is 12.6. The number of benzene rings is 9. The monoisotopic (exact) mass is 702 g/mol. The molecule has 0 atom stereocenters. The van der Waals surface area contributed by atoms with Crippen molar-refractivity contribution in [3.05, 3.63) is 206 Å². The first-order valence-electron chi connectivity index (χ1n) is 18.7. The first-order chi connectivity index (χ1) is 27.2. The summed E-state index contributed by atoms with van der Waals surface area (Å²) >= 11 is 0. The molecule has 0 N–H and O–H groups in total. The lowest BCUT2D eigenvalue weighted by atomic mass is 9.97. The van der Waals surface area contributed by atoms with Gasteiger partial charge in [-0.15, -0.1) is 0 Å². The minimum absolute atomic E-state index is 0.872. The Kier molecular flexibility index (Phi) is 7.17. The van der Waals surface area contributed by atoms with Crippen LogP contribution in [-0.2, 0) is 0 Å². The van der Waals surface area contributed by atoms with Gasteiger partial charge in [-0.05, 0) is 112 Å². The van der Waals surface area contributed by atoms with E-state index in [1.807, 2.05) is 0 Å². The average molecular weight is 703 g/mol. The second-order valence-electron chi connectivity index (χ2n) is 14.2. The van der Waals surface area contributed by atoms with Crippen molar-refractivity contribution in [3.8, 4) is 27.9 Å². The summed E-state index contributed by atoms with van der Waals surface area (Å²) in [4.78, 5) is 2.41. The van der Waals surface area contributed by atoms with Crippen LogP contribution in [0, 0.1) is 0 Å². The lowest BCUT2D eigenvalue weighted by Gasteiger charge is -2.27. The number of hydrogen-bond donors (Lipinski definition) is 0. The molecule has 55 heavy (non-hydrogen) atoms. The fourth-order valence-electron chi connectivity index (χ4n) is 8.32. The van der Waals surface area contributed by atoms with Gasteiger partial charge < -0.3 is 13.9 Å². The molecule has 0 aliphatic carbocycles. The number of para-hydroxylation sites is 2. The molecule has 0 fully saturated rings. The average Bonchev–Trinajstić information content (AvgIpc) is 3.78. The summed E-state index contributed by atoms with van der Waals surface area (Å²) in [6, 6.07) is 74.1. The normalized spacial score (nSPS) is 11.6. The number of fused-ring (bicyclic) bond motifs is 7. The van der Waals surface area contributed by atoms with Gasteiger partial charge in [0.2, 0.25) is 0 Å². The van der Waals surface area contributed by atoms with E-state index in [-0.39, 0.29) is 0 Å². The maximum absolute atomic E-state index is 6.49. The van der Waals surface area contributed by atoms with Crippen LogP contribution >= 0.6 is 0 Å². The van der Waals surface area contributed by atoms with Gasteiger partial charge in [-0.1, -0.05) is 127 Å². The fourth-order valence-corrected chi connectivity index (χ4v) is 8.32. The van der Waals surface area contributed by atoms with Crippen molar-refractivity contribution in [2.24, 2.45) is 0 Å². The Labute approximate surface area is 318 Å². The highest BCUT2D eigenvalue weighted by molar-refractivity contribution is 6.12. The summed E-state index contributed by atoms with van der Waals surface area (Å²) in [5.41, 5.74) is 13.1. The number of hydrogen-bond acceptors (Lipinski definition) is 2. The zero-order valence-electron chi connectivity index (χ0n) is 29.9. The van der Waals surface area contributed by atoms with E-state index in [9.17, 15) is 0 Å². The third-order valence-corrected chi connectivity index (χ3v) is 10.9. The molecular formula is C52H34N2O. The third-order valence-electron chi connectivity index (χ3n) is 10.9. The van der Waals surface area contributed by atoms with Crippen LogP contribution in [0.25, 0.3) is 82.5 Å². The van der Waals surface area contributed by atoms with Gasteiger partial charge in [0.15, 0.2) is 0 Å². The summed E-state index contributed by atoms with van der Waals surface area (Å²) in [6.07, 6.45) is 0. The van der Waals surface area contributed by atoms with Gasteiger partial charge in [0, 0.05) is 44.3 Å². The molecule has 11 aromatic rings. The Morgan fingerprint density at radius 3 is 1.62 bits per heavy atom. The summed E-state index contributed by atoms with van der Waals surface area (Å²) in [7, 11) is 0. The molecule has 0 aliphatic heterocycles. The summed E-state index contributed by atoms with van der Waals surface area (Å²) in [6.45, 7) is 0. The minimum atomic E-state index is 0.872. The van der Waals surface area contributed by atoms with Crippen LogP contribution < -0.4 is 4.90 Å². The van der Waals surface area contributed by atoms with Crippen LogP contribution in [0.5, 0.6) is 0 Å². The maximum Gasteiger partial charge on any atom is 0.136 e. The van der Waals surface area contributed by atoms with Crippen LogP contribution in [0.15, 0.2) is 211 Å². The molecule has 0 radical (unpaired) electrons. The Hall–Kier alpha value is -7.36. The van der Waals surface area contributed by atoms with Crippen molar-refractivity contribution in [2.45, 2.75) is 0 Å². The number of rotatable bonds is 6. The van der Waals surface area contributed by atoms with Crippen molar-refractivity contribution in [2.75, 3.05) is 4.90 Å². The number of nitrogens with zero attached hydrogens (tertiary/aromatic N) is 2. The Bertz CT molecular complexity index is 3140. The van der Waals surface area contributed by atoms with E-state index in [1.54, 1.807) is 0 Å². The Morgan fingerprint density at radius 2 is 0.891 bits per heavy atom. The molecular weight excluding hydrogens is 669 g/mol. The van der Waals surface area contributed by atoms with E-state index in [0.29, 0.717) is 0 Å². The highest BCUT2D eigenvalue weighted by Crippen LogP contribution is 2.44. The molecule has 258 valence electrons. The standard InChI is InChI=1S/C52H34N2O/c1-4-14-35(15-5-1)39-28-40(36-16-6-2-7-17-36)30-44(29-39)53(42-25-27-51-48(33-42)47-31-37-18-10-11-19-38(37)32-52(47)55-51)43-24-26-46-45-22-12-13-23-49(45)54(50(46)34-43)41-20-8-3-9-21-41/h1-34H. The molecule has 3 nitrogen and oxygen atoms in total. The lowest BCUT2D eigenvalue weighted by molar-refractivity contribution is 0.669. The van der Waals surface area contributed by atoms with Crippen LogP contribution in [0.3, 0.4) is 0 Å². The second-order valence-corrected chi connectivity index (χ2v) is 14.2. The summed E-state index contributed by atoms with van der Waals surface area (Å²) in [5.74, 6) is 0. The smallest absolute Gasteiger partial charge is 0.136 e. The third kappa shape index (κ3) is 5.28. The highest BCUT2D eigenvalue weighted by atomic mass is 16.3. The quantitative estimate of drug-likeness (QED) is 0.172. The Morgan fingerprint density at radius 1 is 0.327 bits per heavy atom. The minimum Gasteiger partial charge on any atom is -0.456 e. The van der Waals surface area contributed by atoms with E-state index in [4.69, 9.17) is 4.42 Å². The molecule has 0 saturated carbocycles. The van der Waals surface area contributed by atoms with Gasteiger partial charge in [0.05, 0.1) is 11.0 Å². The molecule has 0 spiro atoms. The summed E-state index contributed by atoms with van der Waals surface area (Å²) in [5, 5.41) is 7.01. The van der Waals surface area contributed by atoms with Gasteiger partial charge >= 0.3 is 0 Å². The zero-order chi connectivity index (χ0) is 36.3. The van der Waals surface area contributed by atoms with Crippen LogP contribution in [0.4, 0.5) is 17.1 Å². The number of aromatic nitrogens is 1. The predicted molar refractivity (Wildman–Crippen MR) is 231 cm³/mol. The Balaban J connectivity index is 1.20. The first kappa shape index (κ1) is 31.2. The van der Waals surface area contributed by atoms with Crippen LogP contribution in [-0.4, -0.2) is 4.57 Å². The van der Waals surface area contributed by atoms with E-state index >= 15 is 0 Å². The van der Waals surface area contributed by atoms with Crippen LogP contribution in [0.1, 0.15) is 0 Å². The maximum atomic E-state index is 6.49. The highest BCUT2D eigenvalue weighted by Gasteiger charge is 2.20. The van der Waals surface area contributed by atoms with Crippen LogP contribution in [0.2, 0.25) is 0 Å². The largest absolute Gasteiger partial charge is 0.456 e. The predicted octanol–water partition coefficient (Wildman–Crippen LogP) is 14.6. The van der Waals surface area contributed by atoms with E-state index in [0.717, 1.165) is 61.3 Å². The molecule has 11 rings (SSSR count). The van der Waals surface area contributed by atoms with Crippen molar-refractivity contribution >= 4 is 71.6 Å². The molecule has 2 heterocycles.